The fourth-order valence-electron chi connectivity index (χ4n) is 2.11. The van der Waals surface area contributed by atoms with Crippen molar-refractivity contribution in [3.05, 3.63) is 17.8 Å². The van der Waals surface area contributed by atoms with Gasteiger partial charge in [0.1, 0.15) is 0 Å². The number of anilines is 1. The van der Waals surface area contributed by atoms with Crippen molar-refractivity contribution in [2.75, 3.05) is 38.3 Å². The number of rotatable bonds is 5. The van der Waals surface area contributed by atoms with Gasteiger partial charge in [-0.3, -0.25) is 0 Å². The second-order valence-electron chi connectivity index (χ2n) is 4.74. The molecule has 1 atom stereocenters. The number of aromatic nitrogens is 2. The molecule has 0 spiro atoms. The summed E-state index contributed by atoms with van der Waals surface area (Å²) in [6.45, 7) is 5.55. The van der Waals surface area contributed by atoms with Gasteiger partial charge in [0.25, 0.3) is 0 Å². The number of nitrogens with one attached hydrogen (secondary N) is 1. The molecular formula is C13H22N4O. The Morgan fingerprint density at radius 2 is 2.33 bits per heavy atom. The van der Waals surface area contributed by atoms with Crippen LogP contribution in [0.15, 0.2) is 12.1 Å². The average Bonchev–Trinajstić information content (AvgIpc) is 2.41. The maximum Gasteiger partial charge on any atom is 0.151 e. The van der Waals surface area contributed by atoms with Crippen LogP contribution in [0.25, 0.3) is 0 Å². The smallest absolute Gasteiger partial charge is 0.151 e. The molecule has 2 rings (SSSR count). The lowest BCUT2D eigenvalue weighted by Gasteiger charge is -2.28. The highest BCUT2D eigenvalue weighted by Gasteiger charge is 2.15. The van der Waals surface area contributed by atoms with E-state index >= 15 is 0 Å². The highest BCUT2D eigenvalue weighted by molar-refractivity contribution is 5.36. The van der Waals surface area contributed by atoms with E-state index in [-0.39, 0.29) is 0 Å². The third kappa shape index (κ3) is 3.65. The zero-order valence-corrected chi connectivity index (χ0v) is 11.2. The summed E-state index contributed by atoms with van der Waals surface area (Å²) >= 11 is 0. The van der Waals surface area contributed by atoms with Crippen molar-refractivity contribution < 1.29 is 4.74 Å². The molecule has 5 nitrogen and oxygen atoms in total. The number of hydrogen-bond acceptors (Lipinski definition) is 5. The maximum absolute atomic E-state index is 5.44. The molecular weight excluding hydrogens is 228 g/mol. The van der Waals surface area contributed by atoms with Crippen LogP contribution >= 0.6 is 0 Å². The first kappa shape index (κ1) is 13.2. The largest absolute Gasteiger partial charge is 0.378 e. The van der Waals surface area contributed by atoms with Crippen LogP contribution in [0.3, 0.4) is 0 Å². The van der Waals surface area contributed by atoms with Crippen molar-refractivity contribution in [1.29, 1.82) is 0 Å². The third-order valence-corrected chi connectivity index (χ3v) is 3.10. The van der Waals surface area contributed by atoms with Gasteiger partial charge in [-0.1, -0.05) is 13.3 Å². The average molecular weight is 250 g/mol. The summed E-state index contributed by atoms with van der Waals surface area (Å²) in [7, 11) is 2.04. The van der Waals surface area contributed by atoms with Crippen LogP contribution in [0.4, 0.5) is 5.82 Å². The van der Waals surface area contributed by atoms with Crippen molar-refractivity contribution in [3.63, 3.8) is 0 Å². The van der Waals surface area contributed by atoms with Gasteiger partial charge in [0.2, 0.25) is 0 Å². The molecule has 1 saturated heterocycles. The number of likely N-dealkylation sites (N-methyl/N-ethyl adjacent to an activating group) is 1. The highest BCUT2D eigenvalue weighted by atomic mass is 16.5. The first-order valence-electron chi connectivity index (χ1n) is 6.64. The molecule has 1 N–H and O–H groups in total. The van der Waals surface area contributed by atoms with Gasteiger partial charge in [0.05, 0.1) is 18.9 Å². The van der Waals surface area contributed by atoms with Crippen LogP contribution in [0, 0.1) is 0 Å². The minimum Gasteiger partial charge on any atom is -0.378 e. The maximum atomic E-state index is 5.44. The molecule has 1 aromatic heterocycles. The van der Waals surface area contributed by atoms with Crippen LogP contribution in [0.1, 0.15) is 19.0 Å². The Hall–Kier alpha value is -1.20. The number of aryl methyl sites for hydroxylation is 1. The molecule has 0 amide bonds. The van der Waals surface area contributed by atoms with Crippen LogP contribution in [-0.2, 0) is 11.2 Å². The molecule has 0 aliphatic carbocycles. The molecule has 0 radical (unpaired) electrons. The molecule has 1 unspecified atom stereocenters. The molecule has 1 fully saturated rings. The molecule has 1 aliphatic heterocycles. The molecule has 0 bridgehead atoms. The quantitative estimate of drug-likeness (QED) is 0.840. The van der Waals surface area contributed by atoms with Crippen molar-refractivity contribution in [2.24, 2.45) is 0 Å². The van der Waals surface area contributed by atoms with E-state index in [1.807, 2.05) is 13.1 Å². The summed E-state index contributed by atoms with van der Waals surface area (Å²) in [4.78, 5) is 2.12. The van der Waals surface area contributed by atoms with Gasteiger partial charge in [-0.15, -0.1) is 5.10 Å². The van der Waals surface area contributed by atoms with E-state index in [2.05, 4.69) is 33.4 Å². The Morgan fingerprint density at radius 1 is 1.44 bits per heavy atom. The number of hydrogen-bond donors (Lipinski definition) is 1. The molecule has 1 aromatic rings. The molecule has 1 aliphatic rings. The van der Waals surface area contributed by atoms with Crippen molar-refractivity contribution in [2.45, 2.75) is 25.8 Å². The molecule has 2 heterocycles. The normalized spacial score (nSPS) is 19.8. The Bertz CT molecular complexity index is 349. The minimum absolute atomic E-state index is 0.376. The fraction of sp³-hybridized carbons (Fsp3) is 0.692. The second-order valence-corrected chi connectivity index (χ2v) is 4.74. The Kier molecular flexibility index (Phi) is 4.90. The molecule has 5 heteroatoms. The lowest BCUT2D eigenvalue weighted by Crippen LogP contribution is -2.47. The predicted octanol–water partition coefficient (Wildman–Crippen LogP) is 0.854. The van der Waals surface area contributed by atoms with Crippen LogP contribution in [-0.4, -0.2) is 49.6 Å². The van der Waals surface area contributed by atoms with Crippen molar-refractivity contribution in [3.8, 4) is 0 Å². The van der Waals surface area contributed by atoms with Gasteiger partial charge in [0, 0.05) is 26.2 Å². The summed E-state index contributed by atoms with van der Waals surface area (Å²) in [5, 5.41) is 11.9. The second kappa shape index (κ2) is 6.66. The summed E-state index contributed by atoms with van der Waals surface area (Å²) in [5.41, 5.74) is 1.06. The van der Waals surface area contributed by atoms with Gasteiger partial charge < -0.3 is 15.0 Å². The van der Waals surface area contributed by atoms with Gasteiger partial charge >= 0.3 is 0 Å². The lowest BCUT2D eigenvalue weighted by atomic mass is 10.2. The number of nitrogens with zero attached hydrogens (tertiary/aromatic N) is 3. The van der Waals surface area contributed by atoms with Gasteiger partial charge in [-0.2, -0.15) is 5.10 Å². The van der Waals surface area contributed by atoms with E-state index in [0.717, 1.165) is 50.7 Å². The Morgan fingerprint density at radius 3 is 2.94 bits per heavy atom. The van der Waals surface area contributed by atoms with Crippen molar-refractivity contribution in [1.82, 2.24) is 15.5 Å². The zero-order chi connectivity index (χ0) is 12.8. The van der Waals surface area contributed by atoms with E-state index in [0.29, 0.717) is 6.04 Å². The molecule has 100 valence electrons. The SMILES string of the molecule is CCCc1ccc(N(C)CC2COCCN2)nn1. The fourth-order valence-corrected chi connectivity index (χ4v) is 2.11. The predicted molar refractivity (Wildman–Crippen MR) is 71.9 cm³/mol. The summed E-state index contributed by atoms with van der Waals surface area (Å²) in [5.74, 6) is 0.919. The summed E-state index contributed by atoms with van der Waals surface area (Å²) < 4.78 is 5.44. The topological polar surface area (TPSA) is 50.3 Å². The molecule has 0 aromatic carbocycles. The van der Waals surface area contributed by atoms with Crippen LogP contribution in [0.5, 0.6) is 0 Å². The monoisotopic (exact) mass is 250 g/mol. The van der Waals surface area contributed by atoms with Crippen molar-refractivity contribution >= 4 is 5.82 Å². The lowest BCUT2D eigenvalue weighted by molar-refractivity contribution is 0.0790. The highest BCUT2D eigenvalue weighted by Crippen LogP contribution is 2.09. The zero-order valence-electron chi connectivity index (χ0n) is 11.2. The third-order valence-electron chi connectivity index (χ3n) is 3.10. The first-order chi connectivity index (χ1) is 8.79. The van der Waals surface area contributed by atoms with Gasteiger partial charge in [-0.25, -0.2) is 0 Å². The number of morpholine rings is 1. The summed E-state index contributed by atoms with van der Waals surface area (Å²) in [6.07, 6.45) is 2.10. The molecule has 18 heavy (non-hydrogen) atoms. The van der Waals surface area contributed by atoms with E-state index in [1.165, 1.54) is 0 Å². The standard InChI is InChI=1S/C13H22N4O/c1-3-4-11-5-6-13(16-15-11)17(2)9-12-10-18-8-7-14-12/h5-6,12,14H,3-4,7-10H2,1-2H3. The van der Waals surface area contributed by atoms with E-state index in [9.17, 15) is 0 Å². The van der Waals surface area contributed by atoms with Gasteiger partial charge in [-0.05, 0) is 18.6 Å². The van der Waals surface area contributed by atoms with Gasteiger partial charge in [0.15, 0.2) is 5.82 Å². The Balaban J connectivity index is 1.89. The van der Waals surface area contributed by atoms with E-state index in [1.54, 1.807) is 0 Å². The minimum atomic E-state index is 0.376. The van der Waals surface area contributed by atoms with Crippen LogP contribution < -0.4 is 10.2 Å². The first-order valence-corrected chi connectivity index (χ1v) is 6.64. The van der Waals surface area contributed by atoms with E-state index in [4.69, 9.17) is 4.74 Å². The number of ether oxygens (including phenoxy) is 1. The molecule has 0 saturated carbocycles. The Labute approximate surface area is 109 Å². The summed E-state index contributed by atoms with van der Waals surface area (Å²) in [6, 6.07) is 4.48. The van der Waals surface area contributed by atoms with Crippen LogP contribution in [0.2, 0.25) is 0 Å². The van der Waals surface area contributed by atoms with E-state index < -0.39 is 0 Å².